The Morgan fingerprint density at radius 1 is 1.04 bits per heavy atom. The highest BCUT2D eigenvalue weighted by atomic mass is 32.1. The monoisotopic (exact) mass is 387 g/mol. The molecule has 5 atom stereocenters. The normalized spacial score (nSPS) is 17.2. The highest BCUT2D eigenvalue weighted by molar-refractivity contribution is 7.80. The first kappa shape index (κ1) is 25.4. The molecule has 154 valence electrons. The van der Waals surface area contributed by atoms with Crippen molar-refractivity contribution in [2.45, 2.75) is 91.6 Å². The Morgan fingerprint density at radius 3 is 2.19 bits per heavy atom. The SMILES string of the molecule is CCC(C)CCCC(C)C(CCC(C)CC(C)=O)NC(CS)C(=O)OC. The van der Waals surface area contributed by atoms with Crippen molar-refractivity contribution in [3.05, 3.63) is 0 Å². The molecule has 4 nitrogen and oxygen atoms in total. The van der Waals surface area contributed by atoms with Crippen LogP contribution in [-0.4, -0.2) is 36.7 Å². The van der Waals surface area contributed by atoms with Crippen LogP contribution >= 0.6 is 12.6 Å². The topological polar surface area (TPSA) is 55.4 Å². The van der Waals surface area contributed by atoms with Crippen molar-refractivity contribution in [1.82, 2.24) is 5.32 Å². The van der Waals surface area contributed by atoms with Crippen molar-refractivity contribution >= 4 is 24.4 Å². The molecule has 0 aliphatic rings. The van der Waals surface area contributed by atoms with Crippen LogP contribution in [0.3, 0.4) is 0 Å². The molecule has 0 amide bonds. The number of rotatable bonds is 15. The Bertz CT molecular complexity index is 403. The van der Waals surface area contributed by atoms with Crippen LogP contribution in [0.2, 0.25) is 0 Å². The first-order valence-electron chi connectivity index (χ1n) is 10.2. The molecule has 5 unspecified atom stereocenters. The molecule has 0 fully saturated rings. The Labute approximate surface area is 166 Å². The van der Waals surface area contributed by atoms with Crippen molar-refractivity contribution in [3.63, 3.8) is 0 Å². The molecule has 1 N–H and O–H groups in total. The Morgan fingerprint density at radius 2 is 1.69 bits per heavy atom. The van der Waals surface area contributed by atoms with Crippen LogP contribution in [0.4, 0.5) is 0 Å². The molecule has 5 heteroatoms. The van der Waals surface area contributed by atoms with Gasteiger partial charge < -0.3 is 14.8 Å². The lowest BCUT2D eigenvalue weighted by atomic mass is 9.87. The number of Topliss-reactive ketones (excluding diaryl/α,β-unsaturated/α-hetero) is 1. The van der Waals surface area contributed by atoms with Gasteiger partial charge in [0.15, 0.2) is 0 Å². The molecule has 0 aromatic carbocycles. The van der Waals surface area contributed by atoms with E-state index in [2.05, 4.69) is 45.6 Å². The molecular formula is C21H41NO3S. The van der Waals surface area contributed by atoms with Crippen LogP contribution in [0.1, 0.15) is 79.6 Å². The maximum Gasteiger partial charge on any atom is 0.323 e. The Kier molecular flexibility index (Phi) is 14.2. The Hall–Kier alpha value is -0.550. The summed E-state index contributed by atoms with van der Waals surface area (Å²) in [7, 11) is 1.42. The van der Waals surface area contributed by atoms with Gasteiger partial charge in [0, 0.05) is 18.2 Å². The summed E-state index contributed by atoms with van der Waals surface area (Å²) in [4.78, 5) is 23.3. The largest absolute Gasteiger partial charge is 0.468 e. The fraction of sp³-hybridized carbons (Fsp3) is 0.905. The van der Waals surface area contributed by atoms with Crippen LogP contribution < -0.4 is 5.32 Å². The van der Waals surface area contributed by atoms with E-state index < -0.39 is 0 Å². The van der Waals surface area contributed by atoms with Gasteiger partial charge in [-0.2, -0.15) is 12.6 Å². The maximum atomic E-state index is 11.9. The van der Waals surface area contributed by atoms with E-state index in [0.717, 1.165) is 25.2 Å². The molecule has 0 aliphatic carbocycles. The van der Waals surface area contributed by atoms with E-state index >= 15 is 0 Å². The summed E-state index contributed by atoms with van der Waals surface area (Å²) in [6.07, 6.45) is 7.39. The van der Waals surface area contributed by atoms with Gasteiger partial charge >= 0.3 is 5.97 Å². The second-order valence-corrected chi connectivity index (χ2v) is 8.41. The van der Waals surface area contributed by atoms with Gasteiger partial charge in [0.05, 0.1) is 7.11 Å². The lowest BCUT2D eigenvalue weighted by molar-refractivity contribution is -0.142. The summed E-state index contributed by atoms with van der Waals surface area (Å²) in [6.45, 7) is 10.6. The quantitative estimate of drug-likeness (QED) is 0.317. The van der Waals surface area contributed by atoms with E-state index in [1.807, 2.05) is 0 Å². The number of esters is 1. The first-order valence-corrected chi connectivity index (χ1v) is 10.8. The van der Waals surface area contributed by atoms with E-state index in [9.17, 15) is 9.59 Å². The van der Waals surface area contributed by atoms with Gasteiger partial charge in [-0.05, 0) is 43.9 Å². The van der Waals surface area contributed by atoms with Crippen LogP contribution in [0.15, 0.2) is 0 Å². The first-order chi connectivity index (χ1) is 12.2. The van der Waals surface area contributed by atoms with Crippen LogP contribution in [0.25, 0.3) is 0 Å². The third-order valence-electron chi connectivity index (χ3n) is 5.43. The third-order valence-corrected chi connectivity index (χ3v) is 5.80. The third kappa shape index (κ3) is 11.2. The van der Waals surface area contributed by atoms with Gasteiger partial charge in [0.2, 0.25) is 0 Å². The number of hydrogen-bond acceptors (Lipinski definition) is 5. The van der Waals surface area contributed by atoms with Gasteiger partial charge in [-0.3, -0.25) is 4.79 Å². The molecule has 0 rings (SSSR count). The zero-order valence-electron chi connectivity index (χ0n) is 17.7. The smallest absolute Gasteiger partial charge is 0.323 e. The van der Waals surface area contributed by atoms with E-state index in [1.165, 1.54) is 26.4 Å². The Balaban J connectivity index is 4.78. The van der Waals surface area contributed by atoms with E-state index in [0.29, 0.717) is 24.0 Å². The molecule has 0 bridgehead atoms. The van der Waals surface area contributed by atoms with E-state index in [1.54, 1.807) is 6.92 Å². The van der Waals surface area contributed by atoms with Crippen molar-refractivity contribution in [2.75, 3.05) is 12.9 Å². The minimum Gasteiger partial charge on any atom is -0.468 e. The van der Waals surface area contributed by atoms with Gasteiger partial charge in [-0.25, -0.2) is 0 Å². The number of methoxy groups -OCH3 is 1. The molecule has 0 aromatic heterocycles. The predicted octanol–water partition coefficient (Wildman–Crippen LogP) is 4.66. The second kappa shape index (κ2) is 14.5. The number of nitrogens with one attached hydrogen (secondary N) is 1. The standard InChI is InChI=1S/C21H41NO3S/c1-7-15(2)9-8-10-17(4)19(12-11-16(3)13-18(5)23)22-20(14-26)21(24)25-6/h15-17,19-20,22,26H,7-14H2,1-6H3. The van der Waals surface area contributed by atoms with Crippen LogP contribution in [-0.2, 0) is 14.3 Å². The lowest BCUT2D eigenvalue weighted by Gasteiger charge is -2.29. The number of hydrogen-bond donors (Lipinski definition) is 2. The van der Waals surface area contributed by atoms with Crippen LogP contribution in [0.5, 0.6) is 0 Å². The maximum absolute atomic E-state index is 11.9. The van der Waals surface area contributed by atoms with Crippen molar-refractivity contribution in [3.8, 4) is 0 Å². The number of ketones is 1. The molecule has 0 saturated heterocycles. The van der Waals surface area contributed by atoms with Gasteiger partial charge in [-0.1, -0.05) is 47.0 Å². The number of thiol groups is 1. The molecule has 0 spiro atoms. The summed E-state index contributed by atoms with van der Waals surface area (Å²) in [5, 5.41) is 3.48. The summed E-state index contributed by atoms with van der Waals surface area (Å²) >= 11 is 4.31. The molecule has 0 saturated carbocycles. The van der Waals surface area contributed by atoms with Crippen molar-refractivity contribution in [1.29, 1.82) is 0 Å². The average Bonchev–Trinajstić information content (AvgIpc) is 2.60. The summed E-state index contributed by atoms with van der Waals surface area (Å²) in [6, 6.07) is -0.147. The number of carbonyl (C=O) groups excluding carboxylic acids is 2. The second-order valence-electron chi connectivity index (χ2n) is 8.04. The minimum atomic E-state index is -0.381. The number of carbonyl (C=O) groups is 2. The molecule has 26 heavy (non-hydrogen) atoms. The molecular weight excluding hydrogens is 346 g/mol. The summed E-state index contributed by atoms with van der Waals surface area (Å²) in [5.41, 5.74) is 0. The fourth-order valence-corrected chi connectivity index (χ4v) is 3.63. The highest BCUT2D eigenvalue weighted by Gasteiger charge is 2.25. The van der Waals surface area contributed by atoms with Gasteiger partial charge in [0.1, 0.15) is 11.8 Å². The number of ether oxygens (including phenoxy) is 1. The van der Waals surface area contributed by atoms with Crippen molar-refractivity contribution in [2.24, 2.45) is 17.8 Å². The predicted molar refractivity (Wildman–Crippen MR) is 113 cm³/mol. The lowest BCUT2D eigenvalue weighted by Crippen LogP contribution is -2.48. The van der Waals surface area contributed by atoms with Gasteiger partial charge in [-0.15, -0.1) is 0 Å². The fourth-order valence-electron chi connectivity index (χ4n) is 3.38. The summed E-state index contributed by atoms with van der Waals surface area (Å²) < 4.78 is 4.89. The average molecular weight is 388 g/mol. The molecule has 0 aliphatic heterocycles. The minimum absolute atomic E-state index is 0.234. The zero-order valence-corrected chi connectivity index (χ0v) is 18.6. The highest BCUT2D eigenvalue weighted by Crippen LogP contribution is 2.22. The van der Waals surface area contributed by atoms with Crippen LogP contribution in [0, 0.1) is 17.8 Å². The van der Waals surface area contributed by atoms with Gasteiger partial charge in [0.25, 0.3) is 0 Å². The molecule has 0 radical (unpaired) electrons. The van der Waals surface area contributed by atoms with Crippen molar-refractivity contribution < 1.29 is 14.3 Å². The van der Waals surface area contributed by atoms with E-state index in [4.69, 9.17) is 4.74 Å². The molecule has 0 aromatic rings. The van der Waals surface area contributed by atoms with E-state index in [-0.39, 0.29) is 23.8 Å². The zero-order chi connectivity index (χ0) is 20.1. The molecule has 0 heterocycles. The summed E-state index contributed by atoms with van der Waals surface area (Å²) in [5.74, 6) is 2.02.